The number of carbonyl (C=O) groups is 2. The number of nitrogens with zero attached hydrogens (tertiary/aromatic N) is 4. The Morgan fingerprint density at radius 2 is 1.45 bits per heavy atom. The Balaban J connectivity index is 1.54. The molecule has 3 amide bonds. The van der Waals surface area contributed by atoms with Crippen LogP contribution < -0.4 is 0 Å². The van der Waals surface area contributed by atoms with Crippen molar-refractivity contribution >= 4 is 11.9 Å². The maximum Gasteiger partial charge on any atom is 0.320 e. The van der Waals surface area contributed by atoms with Gasteiger partial charge in [-0.25, -0.2) is 4.79 Å². The smallest absolute Gasteiger partial charge is 0.320 e. The highest BCUT2D eigenvalue weighted by Gasteiger charge is 2.28. The highest BCUT2D eigenvalue weighted by Crippen LogP contribution is 2.13. The Morgan fingerprint density at radius 3 is 2.09 bits per heavy atom. The fourth-order valence-corrected chi connectivity index (χ4v) is 3.04. The van der Waals surface area contributed by atoms with Crippen LogP contribution in [-0.4, -0.2) is 70.9 Å². The molecule has 0 unspecified atom stereocenters. The van der Waals surface area contributed by atoms with E-state index >= 15 is 0 Å². The molecule has 0 radical (unpaired) electrons. The highest BCUT2D eigenvalue weighted by molar-refractivity contribution is 5.92. The number of piperidine rings is 1. The molecule has 6 nitrogen and oxygen atoms in total. The Morgan fingerprint density at radius 1 is 0.818 bits per heavy atom. The molecule has 0 aliphatic carbocycles. The molecular weight excluding hydrogens is 280 g/mol. The second-order valence-corrected chi connectivity index (χ2v) is 5.82. The van der Waals surface area contributed by atoms with Crippen molar-refractivity contribution < 1.29 is 9.59 Å². The number of aromatic nitrogens is 1. The van der Waals surface area contributed by atoms with Gasteiger partial charge in [-0.05, 0) is 31.4 Å². The van der Waals surface area contributed by atoms with E-state index in [4.69, 9.17) is 0 Å². The van der Waals surface area contributed by atoms with Crippen LogP contribution in [0.2, 0.25) is 0 Å². The predicted octanol–water partition coefficient (Wildman–Crippen LogP) is 1.45. The first kappa shape index (κ1) is 14.8. The molecule has 0 bridgehead atoms. The monoisotopic (exact) mass is 302 g/mol. The van der Waals surface area contributed by atoms with E-state index in [1.54, 1.807) is 23.2 Å². The van der Waals surface area contributed by atoms with Gasteiger partial charge < -0.3 is 14.7 Å². The van der Waals surface area contributed by atoms with Crippen LogP contribution in [0.3, 0.4) is 0 Å². The van der Waals surface area contributed by atoms with Gasteiger partial charge in [-0.3, -0.25) is 9.78 Å². The van der Waals surface area contributed by atoms with Crippen LogP contribution in [0, 0.1) is 0 Å². The maximum atomic E-state index is 12.4. The van der Waals surface area contributed by atoms with E-state index in [-0.39, 0.29) is 11.9 Å². The van der Waals surface area contributed by atoms with Gasteiger partial charge in [0, 0.05) is 45.5 Å². The zero-order valence-corrected chi connectivity index (χ0v) is 12.8. The summed E-state index contributed by atoms with van der Waals surface area (Å²) < 4.78 is 0. The summed E-state index contributed by atoms with van der Waals surface area (Å²) in [5.41, 5.74) is 0.471. The third-order valence-electron chi connectivity index (χ3n) is 4.35. The van der Waals surface area contributed by atoms with E-state index in [0.717, 1.165) is 25.9 Å². The third kappa shape index (κ3) is 3.21. The van der Waals surface area contributed by atoms with E-state index in [1.807, 2.05) is 15.9 Å². The van der Waals surface area contributed by atoms with Crippen molar-refractivity contribution in [2.24, 2.45) is 0 Å². The summed E-state index contributed by atoms with van der Waals surface area (Å²) in [4.78, 5) is 34.5. The molecule has 0 saturated carbocycles. The first-order chi connectivity index (χ1) is 10.8. The molecule has 0 atom stereocenters. The van der Waals surface area contributed by atoms with Crippen molar-refractivity contribution in [3.63, 3.8) is 0 Å². The molecule has 0 spiro atoms. The lowest BCUT2D eigenvalue weighted by Gasteiger charge is -2.38. The van der Waals surface area contributed by atoms with Gasteiger partial charge in [-0.2, -0.15) is 0 Å². The van der Waals surface area contributed by atoms with Gasteiger partial charge in [0.15, 0.2) is 0 Å². The van der Waals surface area contributed by atoms with Crippen molar-refractivity contribution in [1.82, 2.24) is 19.7 Å². The summed E-state index contributed by atoms with van der Waals surface area (Å²) >= 11 is 0. The first-order valence-electron chi connectivity index (χ1n) is 8.00. The number of hydrogen-bond acceptors (Lipinski definition) is 3. The summed E-state index contributed by atoms with van der Waals surface area (Å²) in [6.45, 7) is 4.10. The normalized spacial score (nSPS) is 19.2. The van der Waals surface area contributed by atoms with Crippen LogP contribution in [0.5, 0.6) is 0 Å². The van der Waals surface area contributed by atoms with E-state index in [0.29, 0.717) is 31.9 Å². The molecule has 3 rings (SSSR count). The molecule has 1 aromatic heterocycles. The lowest BCUT2D eigenvalue weighted by atomic mass is 10.1. The van der Waals surface area contributed by atoms with Gasteiger partial charge in [0.1, 0.15) is 5.69 Å². The lowest BCUT2D eigenvalue weighted by Crippen LogP contribution is -2.54. The van der Waals surface area contributed by atoms with Crippen LogP contribution in [0.25, 0.3) is 0 Å². The summed E-state index contributed by atoms with van der Waals surface area (Å²) in [7, 11) is 0. The molecular formula is C16H22N4O2. The third-order valence-corrected chi connectivity index (χ3v) is 4.35. The van der Waals surface area contributed by atoms with Gasteiger partial charge in [0.25, 0.3) is 5.91 Å². The van der Waals surface area contributed by atoms with Gasteiger partial charge in [-0.1, -0.05) is 6.07 Å². The number of rotatable bonds is 1. The predicted molar refractivity (Wildman–Crippen MR) is 82.5 cm³/mol. The van der Waals surface area contributed by atoms with Gasteiger partial charge in [-0.15, -0.1) is 0 Å². The van der Waals surface area contributed by atoms with Crippen molar-refractivity contribution in [3.8, 4) is 0 Å². The number of likely N-dealkylation sites (tertiary alicyclic amines) is 1. The highest BCUT2D eigenvalue weighted by atomic mass is 16.2. The molecule has 22 heavy (non-hydrogen) atoms. The number of piperazine rings is 1. The van der Waals surface area contributed by atoms with Crippen LogP contribution in [-0.2, 0) is 0 Å². The van der Waals surface area contributed by atoms with Gasteiger partial charge >= 0.3 is 6.03 Å². The number of hydrogen-bond donors (Lipinski definition) is 0. The van der Waals surface area contributed by atoms with Crippen LogP contribution >= 0.6 is 0 Å². The first-order valence-corrected chi connectivity index (χ1v) is 8.00. The number of carbonyl (C=O) groups excluding carboxylic acids is 2. The average molecular weight is 302 g/mol. The fourth-order valence-electron chi connectivity index (χ4n) is 3.04. The van der Waals surface area contributed by atoms with Crippen molar-refractivity contribution in [3.05, 3.63) is 30.1 Å². The summed E-state index contributed by atoms with van der Waals surface area (Å²) in [5, 5.41) is 0. The molecule has 0 N–H and O–H groups in total. The van der Waals surface area contributed by atoms with Crippen LogP contribution in [0.1, 0.15) is 29.8 Å². The number of amides is 3. The topological polar surface area (TPSA) is 56.8 Å². The van der Waals surface area contributed by atoms with Gasteiger partial charge in [0.05, 0.1) is 0 Å². The molecule has 2 aliphatic heterocycles. The summed E-state index contributed by atoms with van der Waals surface area (Å²) in [5.74, 6) is -0.0503. The fraction of sp³-hybridized carbons (Fsp3) is 0.562. The molecule has 118 valence electrons. The van der Waals surface area contributed by atoms with E-state index < -0.39 is 0 Å². The molecule has 2 fully saturated rings. The zero-order chi connectivity index (χ0) is 15.4. The standard InChI is InChI=1S/C16H22N4O2/c21-15(14-6-2-3-7-17-14)18-10-12-20(13-11-18)16(22)19-8-4-1-5-9-19/h2-3,6-7H,1,4-5,8-13H2. The minimum absolute atomic E-state index is 0.0503. The molecule has 3 heterocycles. The molecule has 6 heteroatoms. The quantitative estimate of drug-likeness (QED) is 0.789. The SMILES string of the molecule is O=C(c1ccccn1)N1CCN(C(=O)N2CCCCC2)CC1. The second-order valence-electron chi connectivity index (χ2n) is 5.82. The number of pyridine rings is 1. The average Bonchev–Trinajstić information content (AvgIpc) is 2.62. The van der Waals surface area contributed by atoms with E-state index in [2.05, 4.69) is 4.98 Å². The Bertz CT molecular complexity index is 520. The van der Waals surface area contributed by atoms with Crippen molar-refractivity contribution in [1.29, 1.82) is 0 Å². The van der Waals surface area contributed by atoms with Gasteiger partial charge in [0.2, 0.25) is 0 Å². The Hall–Kier alpha value is -2.11. The maximum absolute atomic E-state index is 12.4. The molecule has 2 aliphatic rings. The molecule has 2 saturated heterocycles. The molecule has 1 aromatic rings. The minimum atomic E-state index is -0.0503. The second kappa shape index (κ2) is 6.77. The summed E-state index contributed by atoms with van der Waals surface area (Å²) in [6, 6.07) is 5.47. The van der Waals surface area contributed by atoms with Crippen LogP contribution in [0.4, 0.5) is 4.79 Å². The largest absolute Gasteiger partial charge is 0.334 e. The lowest BCUT2D eigenvalue weighted by molar-refractivity contribution is 0.0627. The van der Waals surface area contributed by atoms with E-state index in [1.165, 1.54) is 6.42 Å². The van der Waals surface area contributed by atoms with Crippen molar-refractivity contribution in [2.45, 2.75) is 19.3 Å². The summed E-state index contributed by atoms with van der Waals surface area (Å²) in [6.07, 6.45) is 5.05. The van der Waals surface area contributed by atoms with Crippen LogP contribution in [0.15, 0.2) is 24.4 Å². The molecule has 0 aromatic carbocycles. The Labute approximate surface area is 130 Å². The number of urea groups is 1. The van der Waals surface area contributed by atoms with E-state index in [9.17, 15) is 9.59 Å². The minimum Gasteiger partial charge on any atom is -0.334 e. The van der Waals surface area contributed by atoms with Crippen molar-refractivity contribution in [2.75, 3.05) is 39.3 Å². The zero-order valence-electron chi connectivity index (χ0n) is 12.8. The Kier molecular flexibility index (Phi) is 4.56.